The minimum Gasteiger partial charge on any atom is -0.389 e. The Balaban J connectivity index is 1.22. The molecule has 2 heterocycles. The van der Waals surface area contributed by atoms with Crippen LogP contribution in [-0.4, -0.2) is 45.6 Å². The number of nitrogens with zero attached hydrogens (tertiary/aromatic N) is 3. The lowest BCUT2D eigenvalue weighted by atomic mass is 10.0. The topological polar surface area (TPSA) is 50.5 Å². The Hall–Kier alpha value is -3.25. The van der Waals surface area contributed by atoms with Crippen LogP contribution in [0.3, 0.4) is 0 Å². The zero-order chi connectivity index (χ0) is 23.3. The van der Waals surface area contributed by atoms with Crippen molar-refractivity contribution < 1.29 is 9.84 Å². The fraction of sp³-hybridized carbons (Fsp3) is 0.276. The van der Waals surface area contributed by atoms with E-state index in [2.05, 4.69) is 65.5 Å². The van der Waals surface area contributed by atoms with Crippen molar-refractivity contribution in [3.05, 3.63) is 119 Å². The van der Waals surface area contributed by atoms with E-state index in [1.807, 2.05) is 47.3 Å². The number of β-amino-alcohol motifs (C(OH)–C–C–N with tert-alkyl or cyclic N) is 1. The van der Waals surface area contributed by atoms with Crippen LogP contribution in [0, 0.1) is 6.92 Å². The van der Waals surface area contributed by atoms with Crippen LogP contribution in [0.1, 0.15) is 34.1 Å². The second-order valence-electron chi connectivity index (χ2n) is 9.04. The van der Waals surface area contributed by atoms with Gasteiger partial charge in [-0.05, 0) is 30.2 Å². The molecule has 34 heavy (non-hydrogen) atoms. The quantitative estimate of drug-likeness (QED) is 0.420. The lowest BCUT2D eigenvalue weighted by Gasteiger charge is -2.29. The number of hydrogen-bond acceptors (Lipinski definition) is 4. The Morgan fingerprint density at radius 1 is 0.912 bits per heavy atom. The van der Waals surface area contributed by atoms with Crippen LogP contribution in [0.25, 0.3) is 5.69 Å². The Bertz CT molecular complexity index is 1190. The number of aliphatic hydroxyl groups is 1. The molecule has 5 rings (SSSR count). The summed E-state index contributed by atoms with van der Waals surface area (Å²) in [6.07, 6.45) is 2.10. The van der Waals surface area contributed by atoms with Crippen LogP contribution in [0.4, 0.5) is 0 Å². The molecule has 2 unspecified atom stereocenters. The lowest BCUT2D eigenvalue weighted by molar-refractivity contribution is -0.0101. The predicted octanol–water partition coefficient (Wildman–Crippen LogP) is 4.71. The summed E-state index contributed by atoms with van der Waals surface area (Å²) in [6.45, 7) is 4.62. The fourth-order valence-electron chi connectivity index (χ4n) is 4.65. The van der Waals surface area contributed by atoms with Crippen molar-refractivity contribution in [2.75, 3.05) is 19.7 Å². The first-order valence-electron chi connectivity index (χ1n) is 11.9. The molecule has 1 aliphatic rings. The first-order chi connectivity index (χ1) is 16.7. The minimum absolute atomic E-state index is 0.200. The van der Waals surface area contributed by atoms with Crippen LogP contribution >= 0.6 is 0 Å². The van der Waals surface area contributed by atoms with E-state index in [1.165, 1.54) is 16.8 Å². The van der Waals surface area contributed by atoms with Crippen molar-refractivity contribution in [3.8, 4) is 5.69 Å². The Labute approximate surface area is 201 Å². The summed E-state index contributed by atoms with van der Waals surface area (Å²) in [4.78, 5) is 2.29. The molecule has 0 spiro atoms. The molecular weight excluding hydrogens is 422 g/mol. The van der Waals surface area contributed by atoms with Gasteiger partial charge in [-0.15, -0.1) is 0 Å². The van der Waals surface area contributed by atoms with Crippen LogP contribution in [0.5, 0.6) is 0 Å². The number of benzene rings is 3. The normalized spacial score (nSPS) is 15.6. The van der Waals surface area contributed by atoms with Crippen LogP contribution < -0.4 is 0 Å². The van der Waals surface area contributed by atoms with Crippen molar-refractivity contribution in [2.24, 2.45) is 0 Å². The van der Waals surface area contributed by atoms with E-state index in [0.717, 1.165) is 36.3 Å². The summed E-state index contributed by atoms with van der Waals surface area (Å²) in [6, 6.07) is 28.9. The van der Waals surface area contributed by atoms with E-state index in [4.69, 9.17) is 4.74 Å². The second kappa shape index (κ2) is 10.3. The monoisotopic (exact) mass is 453 g/mol. The van der Waals surface area contributed by atoms with Gasteiger partial charge in [-0.1, -0.05) is 78.4 Å². The van der Waals surface area contributed by atoms with Gasteiger partial charge in [0.15, 0.2) is 0 Å². The van der Waals surface area contributed by atoms with E-state index in [1.54, 1.807) is 0 Å². The van der Waals surface area contributed by atoms with Gasteiger partial charge in [-0.3, -0.25) is 4.90 Å². The summed E-state index contributed by atoms with van der Waals surface area (Å²) in [5.41, 5.74) is 6.99. The van der Waals surface area contributed by atoms with Gasteiger partial charge < -0.3 is 9.84 Å². The smallest absolute Gasteiger partial charge is 0.108 e. The van der Waals surface area contributed by atoms with Crippen molar-refractivity contribution >= 4 is 0 Å². The van der Waals surface area contributed by atoms with Gasteiger partial charge in [0, 0.05) is 37.3 Å². The summed E-state index contributed by atoms with van der Waals surface area (Å²) in [5, 5.41) is 15.4. The third-order valence-electron chi connectivity index (χ3n) is 6.42. The lowest BCUT2D eigenvalue weighted by Crippen LogP contribution is -2.38. The second-order valence-corrected chi connectivity index (χ2v) is 9.04. The maximum absolute atomic E-state index is 10.8. The summed E-state index contributed by atoms with van der Waals surface area (Å²) >= 11 is 0. The highest BCUT2D eigenvalue weighted by Gasteiger charge is 2.24. The highest BCUT2D eigenvalue weighted by Crippen LogP contribution is 2.27. The average molecular weight is 454 g/mol. The predicted molar refractivity (Wildman–Crippen MR) is 134 cm³/mol. The van der Waals surface area contributed by atoms with Gasteiger partial charge >= 0.3 is 0 Å². The first-order valence-corrected chi connectivity index (χ1v) is 11.9. The third-order valence-corrected chi connectivity index (χ3v) is 6.42. The largest absolute Gasteiger partial charge is 0.389 e. The van der Waals surface area contributed by atoms with Gasteiger partial charge in [0.1, 0.15) is 6.10 Å². The molecule has 1 aromatic heterocycles. The zero-order valence-electron chi connectivity index (χ0n) is 19.5. The standard InChI is InChI=1S/C29H31N3O2/c1-22-12-14-24(15-13-22)29(23-8-4-2-5-9-23)34-21-27(33)20-31-17-16-28-25(19-31)18-30-32(28)26-10-6-3-7-11-26/h2-15,18,27,29,33H,16-17,19-21H2,1H3. The van der Waals surface area contributed by atoms with Crippen molar-refractivity contribution in [1.82, 2.24) is 14.7 Å². The highest BCUT2D eigenvalue weighted by molar-refractivity contribution is 5.36. The summed E-state index contributed by atoms with van der Waals surface area (Å²) in [7, 11) is 0. The van der Waals surface area contributed by atoms with Crippen molar-refractivity contribution in [1.29, 1.82) is 0 Å². The van der Waals surface area contributed by atoms with Crippen molar-refractivity contribution in [3.63, 3.8) is 0 Å². The molecule has 0 radical (unpaired) electrons. The maximum atomic E-state index is 10.8. The van der Waals surface area contributed by atoms with Gasteiger partial charge in [0.2, 0.25) is 0 Å². The van der Waals surface area contributed by atoms with Crippen LogP contribution in [0.15, 0.2) is 91.1 Å². The van der Waals surface area contributed by atoms with Crippen LogP contribution in [-0.2, 0) is 17.7 Å². The molecule has 0 amide bonds. The number of ether oxygens (including phenoxy) is 1. The molecule has 0 bridgehead atoms. The number of aliphatic hydroxyl groups excluding tert-OH is 1. The third kappa shape index (κ3) is 5.12. The molecular formula is C29H31N3O2. The van der Waals surface area contributed by atoms with Gasteiger partial charge in [0.25, 0.3) is 0 Å². The summed E-state index contributed by atoms with van der Waals surface area (Å²) < 4.78 is 8.34. The molecule has 0 saturated heterocycles. The molecule has 5 nitrogen and oxygen atoms in total. The van der Waals surface area contributed by atoms with Crippen LogP contribution in [0.2, 0.25) is 0 Å². The molecule has 174 valence electrons. The number of fused-ring (bicyclic) bond motifs is 1. The number of hydrogen-bond donors (Lipinski definition) is 1. The van der Waals surface area contributed by atoms with E-state index in [0.29, 0.717) is 6.54 Å². The maximum Gasteiger partial charge on any atom is 0.108 e. The zero-order valence-corrected chi connectivity index (χ0v) is 19.5. The average Bonchev–Trinajstić information content (AvgIpc) is 3.30. The molecule has 5 heteroatoms. The number of aromatic nitrogens is 2. The molecule has 3 aromatic carbocycles. The van der Waals surface area contributed by atoms with E-state index in [-0.39, 0.29) is 12.7 Å². The van der Waals surface area contributed by atoms with Gasteiger partial charge in [-0.25, -0.2) is 4.68 Å². The molecule has 2 atom stereocenters. The first kappa shape index (κ1) is 22.5. The van der Waals surface area contributed by atoms with E-state index in [9.17, 15) is 5.11 Å². The van der Waals surface area contributed by atoms with Crippen molar-refractivity contribution in [2.45, 2.75) is 32.1 Å². The molecule has 4 aromatic rings. The van der Waals surface area contributed by atoms with Gasteiger partial charge in [0.05, 0.1) is 24.6 Å². The minimum atomic E-state index is -0.567. The van der Waals surface area contributed by atoms with Gasteiger partial charge in [-0.2, -0.15) is 5.10 Å². The Morgan fingerprint density at radius 2 is 1.59 bits per heavy atom. The Morgan fingerprint density at radius 3 is 2.32 bits per heavy atom. The molecule has 0 saturated carbocycles. The number of aryl methyl sites for hydroxylation is 1. The number of rotatable bonds is 8. The molecule has 0 aliphatic carbocycles. The molecule has 1 aliphatic heterocycles. The Kier molecular flexibility index (Phi) is 6.86. The summed E-state index contributed by atoms with van der Waals surface area (Å²) in [5.74, 6) is 0. The van der Waals surface area contributed by atoms with E-state index >= 15 is 0 Å². The highest BCUT2D eigenvalue weighted by atomic mass is 16.5. The number of para-hydroxylation sites is 1. The van der Waals surface area contributed by atoms with E-state index < -0.39 is 6.10 Å². The molecule has 1 N–H and O–H groups in total. The SMILES string of the molecule is Cc1ccc(C(OCC(O)CN2CCc3c(cnn3-c3ccccc3)C2)c2ccccc2)cc1. The molecule has 0 fully saturated rings. The fourth-order valence-corrected chi connectivity index (χ4v) is 4.65.